The largest absolute Gasteiger partial charge is 0.444 e. The number of piperidine rings is 1. The normalized spacial score (nSPS) is 19.2. The third-order valence-electron chi connectivity index (χ3n) is 5.97. The molecule has 192 valence electrons. The Morgan fingerprint density at radius 2 is 1.66 bits per heavy atom. The Balaban J connectivity index is 1.50. The van der Waals surface area contributed by atoms with Gasteiger partial charge in [0.25, 0.3) is 5.91 Å². The zero-order valence-corrected chi connectivity index (χ0v) is 20.4. The van der Waals surface area contributed by atoms with E-state index >= 15 is 0 Å². The fraction of sp³-hybridized carbons (Fsp3) is 0.583. The average Bonchev–Trinajstić information content (AvgIpc) is 2.78. The van der Waals surface area contributed by atoms with Crippen molar-refractivity contribution in [2.45, 2.75) is 76.9 Å². The third-order valence-corrected chi connectivity index (χ3v) is 5.97. The van der Waals surface area contributed by atoms with Gasteiger partial charge in [-0.2, -0.15) is 4.99 Å². The van der Waals surface area contributed by atoms with Gasteiger partial charge in [-0.15, -0.1) is 0 Å². The molecule has 0 aromatic heterocycles. The van der Waals surface area contributed by atoms with Crippen molar-refractivity contribution >= 4 is 23.7 Å². The molecule has 0 radical (unpaired) electrons. The van der Waals surface area contributed by atoms with Crippen LogP contribution in [0.25, 0.3) is 0 Å². The summed E-state index contributed by atoms with van der Waals surface area (Å²) in [4.78, 5) is 34.7. The van der Waals surface area contributed by atoms with E-state index in [-0.39, 0.29) is 23.7 Å². The maximum atomic E-state index is 14.7. The van der Waals surface area contributed by atoms with Gasteiger partial charge in [-0.3, -0.25) is 4.79 Å². The first-order chi connectivity index (χ1) is 16.4. The summed E-state index contributed by atoms with van der Waals surface area (Å²) < 4.78 is 34.5. The lowest BCUT2D eigenvalue weighted by Gasteiger charge is -2.32. The van der Waals surface area contributed by atoms with E-state index in [1.54, 1.807) is 4.90 Å². The molecule has 1 aliphatic carbocycles. The number of guanidine groups is 1. The predicted octanol–water partition coefficient (Wildman–Crippen LogP) is 3.81. The molecule has 3 rings (SSSR count). The standard InChI is InChI=1S/C24H33F2N5O4/c1-24(2,3)34-23(33)31-10-8-16(9-11-31)35-30-15-6-4-14(5-7-15)17-12-20(26)18(13-19(17)25)21(32)29-22(27)28/h12-14,16H,4-11H2,1-3H3,(H4,27,28,29,32). The van der Waals surface area contributed by atoms with Gasteiger partial charge in [-0.25, -0.2) is 13.6 Å². The zero-order valence-electron chi connectivity index (χ0n) is 20.4. The van der Waals surface area contributed by atoms with E-state index in [1.807, 2.05) is 20.8 Å². The monoisotopic (exact) mass is 493 g/mol. The summed E-state index contributed by atoms with van der Waals surface area (Å²) in [5.74, 6) is -3.28. The molecule has 1 saturated carbocycles. The Morgan fingerprint density at radius 1 is 1.03 bits per heavy atom. The van der Waals surface area contributed by atoms with Gasteiger partial charge in [-0.1, -0.05) is 5.16 Å². The van der Waals surface area contributed by atoms with Crippen molar-refractivity contribution in [2.75, 3.05) is 13.1 Å². The van der Waals surface area contributed by atoms with Crippen molar-refractivity contribution in [3.05, 3.63) is 34.9 Å². The molecule has 1 aromatic rings. The highest BCUT2D eigenvalue weighted by Gasteiger charge is 2.29. The molecule has 1 aliphatic heterocycles. The van der Waals surface area contributed by atoms with Gasteiger partial charge >= 0.3 is 6.09 Å². The number of halogens is 2. The van der Waals surface area contributed by atoms with Crippen LogP contribution in [0.1, 0.15) is 81.1 Å². The van der Waals surface area contributed by atoms with Crippen molar-refractivity contribution in [2.24, 2.45) is 21.6 Å². The number of hydrogen-bond donors (Lipinski definition) is 2. The number of carbonyl (C=O) groups excluding carboxylic acids is 2. The van der Waals surface area contributed by atoms with Gasteiger partial charge in [0.2, 0.25) is 0 Å². The van der Waals surface area contributed by atoms with Crippen LogP contribution < -0.4 is 11.5 Å². The number of hydrogen-bond acceptors (Lipinski definition) is 5. The molecule has 4 N–H and O–H groups in total. The van der Waals surface area contributed by atoms with Crippen LogP contribution in [-0.2, 0) is 9.57 Å². The summed E-state index contributed by atoms with van der Waals surface area (Å²) in [5, 5.41) is 4.30. The summed E-state index contributed by atoms with van der Waals surface area (Å²) in [7, 11) is 0. The van der Waals surface area contributed by atoms with E-state index < -0.39 is 34.7 Å². The van der Waals surface area contributed by atoms with Crippen LogP contribution in [-0.4, -0.2) is 53.4 Å². The summed E-state index contributed by atoms with van der Waals surface area (Å²) in [6, 6.07) is 1.89. The van der Waals surface area contributed by atoms with Gasteiger partial charge in [0.15, 0.2) is 5.96 Å². The molecular formula is C24H33F2N5O4. The van der Waals surface area contributed by atoms with E-state index in [2.05, 4.69) is 10.1 Å². The van der Waals surface area contributed by atoms with Crippen molar-refractivity contribution < 1.29 is 27.9 Å². The minimum Gasteiger partial charge on any atom is -0.444 e. The van der Waals surface area contributed by atoms with Gasteiger partial charge in [-0.05, 0) is 70.1 Å². The highest BCUT2D eigenvalue weighted by Crippen LogP contribution is 2.34. The van der Waals surface area contributed by atoms with Crippen LogP contribution in [0.4, 0.5) is 13.6 Å². The van der Waals surface area contributed by atoms with E-state index in [0.717, 1.165) is 17.8 Å². The number of nitrogens with two attached hydrogens (primary N) is 2. The Bertz CT molecular complexity index is 1000. The number of aliphatic imine (C=N–C) groups is 1. The fourth-order valence-corrected chi connectivity index (χ4v) is 4.19. The number of rotatable bonds is 4. The molecule has 0 bridgehead atoms. The van der Waals surface area contributed by atoms with E-state index in [0.29, 0.717) is 51.6 Å². The summed E-state index contributed by atoms with van der Waals surface area (Å²) in [5.41, 5.74) is 10.3. The van der Waals surface area contributed by atoms with Gasteiger partial charge in [0.05, 0.1) is 11.3 Å². The van der Waals surface area contributed by atoms with Crippen LogP contribution in [0.2, 0.25) is 0 Å². The van der Waals surface area contributed by atoms with Crippen LogP contribution in [0, 0.1) is 11.6 Å². The van der Waals surface area contributed by atoms with Crippen LogP contribution in [0.5, 0.6) is 0 Å². The number of amides is 2. The number of oxime groups is 1. The van der Waals surface area contributed by atoms with E-state index in [1.165, 1.54) is 0 Å². The zero-order chi connectivity index (χ0) is 25.8. The second kappa shape index (κ2) is 11.0. The van der Waals surface area contributed by atoms with Crippen molar-refractivity contribution in [3.63, 3.8) is 0 Å². The highest BCUT2D eigenvalue weighted by atomic mass is 19.1. The number of carbonyl (C=O) groups is 2. The Kier molecular flexibility index (Phi) is 8.29. The molecule has 0 unspecified atom stereocenters. The first-order valence-electron chi connectivity index (χ1n) is 11.8. The fourth-order valence-electron chi connectivity index (χ4n) is 4.19. The summed E-state index contributed by atoms with van der Waals surface area (Å²) >= 11 is 0. The molecule has 1 aromatic carbocycles. The smallest absolute Gasteiger partial charge is 0.410 e. The van der Waals surface area contributed by atoms with Gasteiger partial charge in [0.1, 0.15) is 23.3 Å². The quantitative estimate of drug-likeness (QED) is 0.372. The number of benzene rings is 1. The Labute approximate surface area is 203 Å². The second-order valence-electron chi connectivity index (χ2n) is 9.90. The lowest BCUT2D eigenvalue weighted by atomic mass is 9.82. The summed E-state index contributed by atoms with van der Waals surface area (Å²) in [6.45, 7) is 6.59. The number of nitrogens with zero attached hydrogens (tertiary/aromatic N) is 3. The molecule has 0 spiro atoms. The summed E-state index contributed by atoms with van der Waals surface area (Å²) in [6.07, 6.45) is 3.27. The van der Waals surface area contributed by atoms with Gasteiger partial charge < -0.3 is 25.9 Å². The molecule has 1 saturated heterocycles. The molecule has 11 heteroatoms. The predicted molar refractivity (Wildman–Crippen MR) is 127 cm³/mol. The average molecular weight is 494 g/mol. The van der Waals surface area contributed by atoms with E-state index in [4.69, 9.17) is 21.0 Å². The second-order valence-corrected chi connectivity index (χ2v) is 9.90. The Hall–Kier alpha value is -3.24. The SMILES string of the molecule is CC(C)(C)OC(=O)N1CCC(ON=C2CCC(c3cc(F)c(C(=O)N=C(N)N)cc3F)CC2)CC1. The van der Waals surface area contributed by atoms with Crippen LogP contribution in [0.15, 0.2) is 22.3 Å². The molecule has 35 heavy (non-hydrogen) atoms. The molecule has 2 aliphatic rings. The Morgan fingerprint density at radius 3 is 2.23 bits per heavy atom. The molecule has 1 heterocycles. The molecular weight excluding hydrogens is 460 g/mol. The lowest BCUT2D eigenvalue weighted by molar-refractivity contribution is -0.0103. The molecule has 0 atom stereocenters. The van der Waals surface area contributed by atoms with Gasteiger partial charge in [0, 0.05) is 25.9 Å². The number of ether oxygens (including phenoxy) is 1. The van der Waals surface area contributed by atoms with Crippen molar-refractivity contribution in [1.82, 2.24) is 4.90 Å². The maximum Gasteiger partial charge on any atom is 0.410 e. The first-order valence-corrected chi connectivity index (χ1v) is 11.8. The topological polar surface area (TPSA) is 133 Å². The van der Waals surface area contributed by atoms with Crippen molar-refractivity contribution in [3.8, 4) is 0 Å². The lowest BCUT2D eigenvalue weighted by Crippen LogP contribution is -2.43. The molecule has 2 fully saturated rings. The minimum atomic E-state index is -1.03. The maximum absolute atomic E-state index is 14.7. The van der Waals surface area contributed by atoms with Crippen molar-refractivity contribution in [1.29, 1.82) is 0 Å². The van der Waals surface area contributed by atoms with Crippen LogP contribution in [0.3, 0.4) is 0 Å². The third kappa shape index (κ3) is 7.37. The molecule has 2 amide bonds. The van der Waals surface area contributed by atoms with E-state index in [9.17, 15) is 18.4 Å². The van der Waals surface area contributed by atoms with Crippen LogP contribution >= 0.6 is 0 Å². The minimum absolute atomic E-state index is 0.0826. The highest BCUT2D eigenvalue weighted by molar-refractivity contribution is 6.02. The molecule has 9 nitrogen and oxygen atoms in total. The first kappa shape index (κ1) is 26.4. The number of likely N-dealkylation sites (tertiary alicyclic amines) is 1.